The van der Waals surface area contributed by atoms with Crippen molar-refractivity contribution < 1.29 is 19.4 Å². The molecule has 2 heterocycles. The predicted molar refractivity (Wildman–Crippen MR) is 128 cm³/mol. The van der Waals surface area contributed by atoms with Crippen molar-refractivity contribution in [3.05, 3.63) is 77.9 Å². The number of H-pyrrole nitrogens is 1. The Balaban J connectivity index is 0.000000433. The minimum atomic E-state index is -0.824. The third-order valence-electron chi connectivity index (χ3n) is 5.85. The van der Waals surface area contributed by atoms with Gasteiger partial charge in [-0.1, -0.05) is 48.5 Å². The van der Waals surface area contributed by atoms with Crippen LogP contribution in [0.1, 0.15) is 36.8 Å². The lowest BCUT2D eigenvalue weighted by Gasteiger charge is -2.10. The second-order valence-corrected chi connectivity index (χ2v) is 8.06. The monoisotopic (exact) mass is 431 g/mol. The third kappa shape index (κ3) is 5.11. The van der Waals surface area contributed by atoms with Crippen LogP contribution in [0, 0.1) is 0 Å². The van der Waals surface area contributed by atoms with Crippen molar-refractivity contribution in [2.45, 2.75) is 32.1 Å². The lowest BCUT2D eigenvalue weighted by molar-refractivity contribution is -0.138. The van der Waals surface area contributed by atoms with Gasteiger partial charge in [0, 0.05) is 41.4 Å². The minimum Gasteiger partial charge on any atom is -0.493 e. The van der Waals surface area contributed by atoms with E-state index in [2.05, 4.69) is 41.4 Å². The van der Waals surface area contributed by atoms with Crippen LogP contribution in [0.4, 0.5) is 0 Å². The molecule has 0 radical (unpaired) electrons. The molecule has 1 saturated heterocycles. The number of hydrogen-bond acceptors (Lipinski definition) is 3. The summed E-state index contributed by atoms with van der Waals surface area (Å²) in [6.07, 6.45) is 3.34. The summed E-state index contributed by atoms with van der Waals surface area (Å²) in [4.78, 5) is 14.6. The Morgan fingerprint density at radius 2 is 1.72 bits per heavy atom. The number of carboxylic acids is 1. The van der Waals surface area contributed by atoms with Crippen LogP contribution in [0.25, 0.3) is 21.8 Å². The number of carbonyl (C=O) groups is 1. The van der Waals surface area contributed by atoms with Crippen LogP contribution in [0.3, 0.4) is 0 Å². The number of fused-ring (bicyclic) bond motifs is 3. The second kappa shape index (κ2) is 10.3. The number of aromatic nitrogens is 1. The number of nitrogens with one attached hydrogen (secondary N) is 1. The number of hydrogen-bond donors (Lipinski definition) is 2. The standard InChI is InChI=1S/C23H21NO3.C4H8O/c1-15(23(25)26)16-9-11-18(12-10-16)27-14-13-17-5-4-7-20-19-6-2-3-8-21(19)24-22(17)20;1-2-4-5-3-1/h2-12,15,24H,13-14H2,1H3,(H,25,26);1-4H2. The Bertz CT molecular complexity index is 1170. The summed E-state index contributed by atoms with van der Waals surface area (Å²) in [5.74, 6) is -0.589. The van der Waals surface area contributed by atoms with Gasteiger partial charge >= 0.3 is 5.97 Å². The summed E-state index contributed by atoms with van der Waals surface area (Å²) in [7, 11) is 0. The number of benzene rings is 3. The first-order valence-corrected chi connectivity index (χ1v) is 11.1. The third-order valence-corrected chi connectivity index (χ3v) is 5.85. The van der Waals surface area contributed by atoms with E-state index >= 15 is 0 Å². The van der Waals surface area contributed by atoms with Crippen molar-refractivity contribution in [1.82, 2.24) is 4.98 Å². The molecule has 1 aliphatic rings. The molecule has 4 aromatic rings. The largest absolute Gasteiger partial charge is 0.493 e. The van der Waals surface area contributed by atoms with Gasteiger partial charge in [-0.25, -0.2) is 0 Å². The highest BCUT2D eigenvalue weighted by atomic mass is 16.5. The zero-order valence-corrected chi connectivity index (χ0v) is 18.3. The molecule has 0 saturated carbocycles. The van der Waals surface area contributed by atoms with Gasteiger partial charge in [0.1, 0.15) is 5.75 Å². The molecule has 32 heavy (non-hydrogen) atoms. The van der Waals surface area contributed by atoms with Gasteiger partial charge in [-0.3, -0.25) is 4.79 Å². The quantitative estimate of drug-likeness (QED) is 0.397. The highest BCUT2D eigenvalue weighted by Gasteiger charge is 2.13. The first-order valence-electron chi connectivity index (χ1n) is 11.1. The summed E-state index contributed by atoms with van der Waals surface area (Å²) in [6, 6.07) is 22.0. The van der Waals surface area contributed by atoms with E-state index in [-0.39, 0.29) is 0 Å². The molecule has 0 aliphatic carbocycles. The minimum absolute atomic E-state index is 0.515. The summed E-state index contributed by atoms with van der Waals surface area (Å²) in [5.41, 5.74) is 4.30. The molecule has 166 valence electrons. The van der Waals surface area contributed by atoms with Crippen LogP contribution in [-0.2, 0) is 16.0 Å². The molecule has 1 unspecified atom stereocenters. The summed E-state index contributed by atoms with van der Waals surface area (Å²) in [5, 5.41) is 11.5. The van der Waals surface area contributed by atoms with Crippen LogP contribution < -0.4 is 4.74 Å². The molecule has 1 fully saturated rings. The number of ether oxygens (including phenoxy) is 2. The zero-order chi connectivity index (χ0) is 22.3. The Hall–Kier alpha value is -3.31. The fraction of sp³-hybridized carbons (Fsp3) is 0.296. The van der Waals surface area contributed by atoms with Gasteiger partial charge in [0.25, 0.3) is 0 Å². The van der Waals surface area contributed by atoms with E-state index in [0.717, 1.165) is 42.0 Å². The van der Waals surface area contributed by atoms with Gasteiger partial charge in [0.2, 0.25) is 0 Å². The molecule has 5 rings (SSSR count). The van der Waals surface area contributed by atoms with E-state index in [4.69, 9.17) is 14.6 Å². The molecule has 1 aliphatic heterocycles. The molecular formula is C27H29NO4. The summed E-state index contributed by atoms with van der Waals surface area (Å²) >= 11 is 0. The maximum Gasteiger partial charge on any atom is 0.310 e. The van der Waals surface area contributed by atoms with Crippen LogP contribution in [0.5, 0.6) is 5.75 Å². The lowest BCUT2D eigenvalue weighted by Crippen LogP contribution is -2.07. The smallest absolute Gasteiger partial charge is 0.310 e. The number of para-hydroxylation sites is 2. The van der Waals surface area contributed by atoms with E-state index in [1.165, 1.54) is 29.2 Å². The Morgan fingerprint density at radius 3 is 2.41 bits per heavy atom. The highest BCUT2D eigenvalue weighted by Crippen LogP contribution is 2.28. The average Bonchev–Trinajstić information content (AvgIpc) is 3.51. The lowest BCUT2D eigenvalue weighted by atomic mass is 10.0. The van der Waals surface area contributed by atoms with Gasteiger partial charge in [-0.2, -0.15) is 0 Å². The molecule has 0 bridgehead atoms. The fourth-order valence-corrected chi connectivity index (χ4v) is 3.93. The molecule has 5 heteroatoms. The topological polar surface area (TPSA) is 71.6 Å². The molecule has 2 N–H and O–H groups in total. The molecule has 1 aromatic heterocycles. The normalized spacial score (nSPS) is 14.2. The van der Waals surface area contributed by atoms with Crippen molar-refractivity contribution in [1.29, 1.82) is 0 Å². The van der Waals surface area contributed by atoms with Crippen LogP contribution in [-0.4, -0.2) is 35.9 Å². The summed E-state index contributed by atoms with van der Waals surface area (Å²) in [6.45, 7) is 4.24. The van der Waals surface area contributed by atoms with E-state index in [1.54, 1.807) is 6.92 Å². The molecule has 0 amide bonds. The fourth-order valence-electron chi connectivity index (χ4n) is 3.93. The number of carboxylic acid groups (broad SMARTS) is 1. The van der Waals surface area contributed by atoms with Crippen molar-refractivity contribution in [2.24, 2.45) is 0 Å². The van der Waals surface area contributed by atoms with Crippen molar-refractivity contribution in [3.63, 3.8) is 0 Å². The number of aromatic amines is 1. The van der Waals surface area contributed by atoms with E-state index < -0.39 is 11.9 Å². The van der Waals surface area contributed by atoms with Gasteiger partial charge in [-0.15, -0.1) is 0 Å². The van der Waals surface area contributed by atoms with Gasteiger partial charge < -0.3 is 19.6 Å². The highest BCUT2D eigenvalue weighted by molar-refractivity contribution is 6.08. The Kier molecular flexibility index (Phi) is 7.07. The number of aliphatic carboxylic acids is 1. The van der Waals surface area contributed by atoms with E-state index in [0.29, 0.717) is 6.61 Å². The molecule has 5 nitrogen and oxygen atoms in total. The van der Waals surface area contributed by atoms with Crippen molar-refractivity contribution in [3.8, 4) is 5.75 Å². The maximum atomic E-state index is 11.1. The van der Waals surface area contributed by atoms with E-state index in [1.807, 2.05) is 30.3 Å². The van der Waals surface area contributed by atoms with Crippen molar-refractivity contribution >= 4 is 27.8 Å². The Labute approximate surface area is 188 Å². The van der Waals surface area contributed by atoms with Crippen molar-refractivity contribution in [2.75, 3.05) is 19.8 Å². The molecule has 0 spiro atoms. The molecule has 3 aromatic carbocycles. The van der Waals surface area contributed by atoms with Gasteiger partial charge in [0.05, 0.1) is 12.5 Å². The van der Waals surface area contributed by atoms with E-state index in [9.17, 15) is 4.79 Å². The molecule has 1 atom stereocenters. The number of rotatable bonds is 6. The van der Waals surface area contributed by atoms with Gasteiger partial charge in [-0.05, 0) is 49.1 Å². The molecular weight excluding hydrogens is 402 g/mol. The SMILES string of the molecule is C1CCOC1.CC(C(=O)O)c1ccc(OCCc2cccc3c2[nH]c2ccccc23)cc1. The van der Waals surface area contributed by atoms with Gasteiger partial charge in [0.15, 0.2) is 0 Å². The first kappa shape index (κ1) is 21.9. The van der Waals surface area contributed by atoms with Crippen LogP contribution in [0.2, 0.25) is 0 Å². The second-order valence-electron chi connectivity index (χ2n) is 8.06. The summed E-state index contributed by atoms with van der Waals surface area (Å²) < 4.78 is 10.8. The van der Waals surface area contributed by atoms with Crippen LogP contribution in [0.15, 0.2) is 66.7 Å². The first-order chi connectivity index (χ1) is 15.6. The zero-order valence-electron chi connectivity index (χ0n) is 18.3. The Morgan fingerprint density at radius 1 is 1.00 bits per heavy atom. The maximum absolute atomic E-state index is 11.1. The predicted octanol–water partition coefficient (Wildman–Crippen LogP) is 5.93. The average molecular weight is 432 g/mol. The van der Waals surface area contributed by atoms with Crippen LogP contribution >= 0.6 is 0 Å².